The zero-order valence-electron chi connectivity index (χ0n) is 32.3. The van der Waals surface area contributed by atoms with Crippen LogP contribution in [0.2, 0.25) is 0 Å². The Morgan fingerprint density at radius 1 is 0.516 bits per heavy atom. The van der Waals surface area contributed by atoms with Gasteiger partial charge >= 0.3 is 48.6 Å². The number of amides is 2. The van der Waals surface area contributed by atoms with Crippen molar-refractivity contribution in [2.24, 2.45) is 21.5 Å². The first-order chi connectivity index (χ1) is 29.1. The maximum absolute atomic E-state index is 12.0. The third kappa shape index (κ3) is 37.5. The number of carbonyl (C=O) groups is 6. The number of aliphatic carboxylic acids is 4. The van der Waals surface area contributed by atoms with Crippen molar-refractivity contribution in [3.63, 3.8) is 0 Å². The van der Waals surface area contributed by atoms with Gasteiger partial charge in [-0.05, 0) is 38.5 Å². The number of aryl methyl sites for hydroxylation is 2. The summed E-state index contributed by atoms with van der Waals surface area (Å²) in [7, 11) is 0. The molecule has 2 amide bonds. The summed E-state index contributed by atoms with van der Waals surface area (Å²) in [5, 5.41) is 34.8. The highest BCUT2D eigenvalue weighted by Gasteiger charge is 2.40. The Kier molecular flexibility index (Phi) is 29.8. The van der Waals surface area contributed by atoms with Gasteiger partial charge in [0.1, 0.15) is 0 Å². The smallest absolute Gasteiger partial charge is 0.475 e. The number of hydrogen-bond donors (Lipinski definition) is 10. The second kappa shape index (κ2) is 30.8. The van der Waals surface area contributed by atoms with Gasteiger partial charge in [-0.15, -0.1) is 22.7 Å². The van der Waals surface area contributed by atoms with E-state index in [9.17, 15) is 62.3 Å². The summed E-state index contributed by atoms with van der Waals surface area (Å²) in [4.78, 5) is 78.1. The van der Waals surface area contributed by atoms with Crippen LogP contribution in [0.3, 0.4) is 0 Å². The Labute approximate surface area is 359 Å². The summed E-state index contributed by atoms with van der Waals surface area (Å²) >= 11 is 2.92. The van der Waals surface area contributed by atoms with Crippen LogP contribution in [-0.2, 0) is 41.6 Å². The molecule has 2 aromatic heterocycles. The topological polar surface area (TPSA) is 362 Å². The van der Waals surface area contributed by atoms with Gasteiger partial charge in [-0.25, -0.2) is 29.1 Å². The minimum absolute atomic E-state index is 0.132. The lowest BCUT2D eigenvalue weighted by atomic mass is 10.1. The number of carboxylic acids is 4. The summed E-state index contributed by atoms with van der Waals surface area (Å²) in [6.07, 6.45) is -9.77. The van der Waals surface area contributed by atoms with E-state index in [4.69, 9.17) is 62.5 Å². The molecular formula is C30H40F12N10O10S2. The van der Waals surface area contributed by atoms with Crippen molar-refractivity contribution in [2.75, 3.05) is 24.6 Å². The van der Waals surface area contributed by atoms with Crippen molar-refractivity contribution in [1.82, 2.24) is 20.6 Å². The zero-order valence-corrected chi connectivity index (χ0v) is 34.0. The Balaban J connectivity index is -0.00000106. The van der Waals surface area contributed by atoms with E-state index in [1.54, 1.807) is 12.4 Å². The van der Waals surface area contributed by atoms with Crippen LogP contribution in [0, 0.1) is 0 Å². The fourth-order valence-corrected chi connectivity index (χ4v) is 4.65. The quantitative estimate of drug-likeness (QED) is 0.0520. The highest BCUT2D eigenvalue weighted by atomic mass is 32.1. The lowest BCUT2D eigenvalue weighted by Crippen LogP contribution is -2.37. The van der Waals surface area contributed by atoms with Gasteiger partial charge in [0.05, 0.1) is 0 Å². The van der Waals surface area contributed by atoms with Crippen LogP contribution in [0.15, 0.2) is 22.4 Å². The van der Waals surface area contributed by atoms with Crippen LogP contribution < -0.4 is 33.6 Å². The molecule has 366 valence electrons. The van der Waals surface area contributed by atoms with Gasteiger partial charge in [0, 0.05) is 48.1 Å². The van der Waals surface area contributed by atoms with Gasteiger partial charge in [0.2, 0.25) is 11.8 Å². The van der Waals surface area contributed by atoms with Crippen molar-refractivity contribution in [3.8, 4) is 0 Å². The van der Waals surface area contributed by atoms with E-state index < -0.39 is 48.6 Å². The van der Waals surface area contributed by atoms with E-state index >= 15 is 0 Å². The molecule has 0 fully saturated rings. The Bertz CT molecular complexity index is 1640. The lowest BCUT2D eigenvalue weighted by Gasteiger charge is -2.06. The summed E-state index contributed by atoms with van der Waals surface area (Å²) in [6, 6.07) is 0. The average molecular weight is 993 g/mol. The molecule has 0 aliphatic heterocycles. The molecule has 2 aromatic rings. The number of thiazole rings is 2. The van der Waals surface area contributed by atoms with Gasteiger partial charge in [0.15, 0.2) is 22.2 Å². The van der Waals surface area contributed by atoms with Gasteiger partial charge in [-0.3, -0.25) is 30.2 Å². The maximum atomic E-state index is 12.0. The number of alkyl halides is 12. The first-order valence-electron chi connectivity index (χ1n) is 16.9. The summed E-state index contributed by atoms with van der Waals surface area (Å²) < 4.78 is 127. The minimum Gasteiger partial charge on any atom is -0.475 e. The van der Waals surface area contributed by atoms with Crippen LogP contribution in [0.25, 0.3) is 0 Å². The molecule has 0 aromatic carbocycles. The van der Waals surface area contributed by atoms with Crippen LogP contribution in [0.1, 0.15) is 61.1 Å². The Morgan fingerprint density at radius 3 is 0.969 bits per heavy atom. The van der Waals surface area contributed by atoms with Gasteiger partial charge in [-0.2, -0.15) is 52.7 Å². The monoisotopic (exact) mass is 992 g/mol. The fourth-order valence-electron chi connectivity index (χ4n) is 3.20. The van der Waals surface area contributed by atoms with Crippen molar-refractivity contribution >= 4 is 80.5 Å². The SMILES string of the molecule is NC(=NCCCc1cnc(N)s1)NC(=O)CCCCCCC(=O)NC(N)=NCCCc1cnc(N)s1.O=C(O)C(F)(F)F.O=C(O)C(F)(F)F.O=C(O)C(F)(F)F.O=C(O)C(F)(F)F. The molecule has 34 heteroatoms. The molecule has 0 aliphatic rings. The van der Waals surface area contributed by atoms with Crippen molar-refractivity contribution < 1.29 is 102 Å². The molecule has 2 rings (SSSR count). The summed E-state index contributed by atoms with van der Waals surface area (Å²) in [5.74, 6) is -11.1. The van der Waals surface area contributed by atoms with Gasteiger partial charge in [0.25, 0.3) is 0 Å². The number of aliphatic imine (C=N–C) groups is 2. The Morgan fingerprint density at radius 2 is 0.766 bits per heavy atom. The molecule has 0 bridgehead atoms. The number of carboxylic acid groups (broad SMARTS) is 4. The van der Waals surface area contributed by atoms with Crippen LogP contribution in [-0.4, -0.2) is 116 Å². The number of anilines is 2. The second-order valence-electron chi connectivity index (χ2n) is 11.3. The van der Waals surface area contributed by atoms with Crippen LogP contribution in [0.4, 0.5) is 62.9 Å². The number of nitrogens with zero attached hydrogens (tertiary/aromatic N) is 4. The van der Waals surface area contributed by atoms with Crippen LogP contribution in [0.5, 0.6) is 0 Å². The highest BCUT2D eigenvalue weighted by Crippen LogP contribution is 2.18. The predicted octanol–water partition coefficient (Wildman–Crippen LogP) is 4.07. The average Bonchev–Trinajstić information content (AvgIpc) is 3.76. The minimum atomic E-state index is -5.08. The molecule has 0 aliphatic carbocycles. The number of carbonyl (C=O) groups excluding carboxylic acids is 2. The molecule has 0 radical (unpaired) electrons. The third-order valence-corrected chi connectivity index (χ3v) is 7.70. The summed E-state index contributed by atoms with van der Waals surface area (Å²) in [6.45, 7) is 1.03. The number of nitrogens with two attached hydrogens (primary N) is 4. The molecule has 64 heavy (non-hydrogen) atoms. The van der Waals surface area contributed by atoms with Crippen LogP contribution >= 0.6 is 22.7 Å². The normalized spacial score (nSPS) is 11.7. The number of rotatable bonds is 15. The lowest BCUT2D eigenvalue weighted by molar-refractivity contribution is -0.193. The summed E-state index contributed by atoms with van der Waals surface area (Å²) in [5.41, 5.74) is 22.7. The van der Waals surface area contributed by atoms with E-state index in [-0.39, 0.29) is 23.7 Å². The van der Waals surface area contributed by atoms with Crippen molar-refractivity contribution in [3.05, 3.63) is 22.1 Å². The van der Waals surface area contributed by atoms with Gasteiger partial charge in [-0.1, -0.05) is 12.8 Å². The number of aromatic nitrogens is 2. The van der Waals surface area contributed by atoms with Crippen molar-refractivity contribution in [2.45, 2.75) is 88.9 Å². The second-order valence-corrected chi connectivity index (χ2v) is 13.6. The van der Waals surface area contributed by atoms with E-state index in [0.29, 0.717) is 49.0 Å². The molecule has 14 N–H and O–H groups in total. The molecule has 0 saturated carbocycles. The Hall–Kier alpha value is -6.22. The zero-order chi connectivity index (χ0) is 50.5. The number of unbranched alkanes of at least 4 members (excludes halogenated alkanes) is 3. The molecule has 0 unspecified atom stereocenters. The van der Waals surface area contributed by atoms with Crippen molar-refractivity contribution in [1.29, 1.82) is 0 Å². The molecular weight excluding hydrogens is 953 g/mol. The number of nitrogens with one attached hydrogen (secondary N) is 2. The predicted molar refractivity (Wildman–Crippen MR) is 201 cm³/mol. The first kappa shape index (κ1) is 62.1. The maximum Gasteiger partial charge on any atom is 0.490 e. The molecule has 0 spiro atoms. The molecule has 0 saturated heterocycles. The van der Waals surface area contributed by atoms with Gasteiger partial charge < -0.3 is 43.4 Å². The number of hydrogen-bond acceptors (Lipinski definition) is 14. The van der Waals surface area contributed by atoms with E-state index in [2.05, 4.69) is 30.6 Å². The fraction of sp³-hybridized carbons (Fsp3) is 0.533. The number of guanidine groups is 2. The largest absolute Gasteiger partial charge is 0.490 e. The first-order valence-corrected chi connectivity index (χ1v) is 18.5. The van der Waals surface area contributed by atoms with E-state index in [0.717, 1.165) is 48.3 Å². The van der Waals surface area contributed by atoms with E-state index in [1.165, 1.54) is 22.7 Å². The third-order valence-electron chi connectivity index (χ3n) is 5.93. The van der Waals surface area contributed by atoms with E-state index in [1.807, 2.05) is 0 Å². The number of halogens is 12. The molecule has 2 heterocycles. The highest BCUT2D eigenvalue weighted by molar-refractivity contribution is 7.15. The molecule has 20 nitrogen and oxygen atoms in total. The standard InChI is InChI=1S/C22H36N10O2S2.4C2HF3O2/c23-19(27-11-5-7-15-13-29-21(25)35-15)31-17(33)9-3-1-2-4-10-18(34)32-20(24)28-12-6-8-16-14-30-22(26)36-16;4*3-2(4,5)1(6)7/h13-14H,1-12H2,(H2,25,29)(H2,26,30)(H3,23,27,31,33)(H3,24,28,32,34);4*(H,6,7). The molecule has 0 atom stereocenters. The number of nitrogen functional groups attached to an aromatic ring is 2.